The molecule has 0 aliphatic heterocycles. The van der Waals surface area contributed by atoms with Crippen LogP contribution in [0.2, 0.25) is 0 Å². The zero-order valence-electron chi connectivity index (χ0n) is 11.4. The average molecular weight is 249 g/mol. The van der Waals surface area contributed by atoms with Gasteiger partial charge in [0, 0.05) is 24.8 Å². The molecule has 0 atom stereocenters. The second kappa shape index (κ2) is 7.01. The molecule has 0 fully saturated rings. The van der Waals surface area contributed by atoms with Gasteiger partial charge in [0.2, 0.25) is 5.91 Å². The van der Waals surface area contributed by atoms with Gasteiger partial charge >= 0.3 is 0 Å². The number of nitrogens with two attached hydrogens (primary N) is 1. The van der Waals surface area contributed by atoms with Gasteiger partial charge in [0.1, 0.15) is 0 Å². The molecule has 0 saturated heterocycles. The minimum atomic E-state index is 0.0404. The van der Waals surface area contributed by atoms with Crippen LogP contribution in [0.15, 0.2) is 24.3 Å². The number of benzene rings is 1. The lowest BCUT2D eigenvalue weighted by Gasteiger charge is -2.25. The molecule has 0 aliphatic carbocycles. The standard InChI is InChI=1S/C14H23N3O/c1-4-17(10-14(18)16-11(2)3)13-8-6-5-7-12(13)9-15/h5-8,11H,4,9-10,15H2,1-3H3,(H,16,18). The van der Waals surface area contributed by atoms with Crippen LogP contribution < -0.4 is 16.0 Å². The first kappa shape index (κ1) is 14.5. The summed E-state index contributed by atoms with van der Waals surface area (Å²) in [5, 5.41) is 2.90. The molecular formula is C14H23N3O. The maximum Gasteiger partial charge on any atom is 0.239 e. The molecule has 1 rings (SSSR count). The third-order valence-electron chi connectivity index (χ3n) is 2.72. The first-order valence-electron chi connectivity index (χ1n) is 6.40. The molecule has 0 heterocycles. The summed E-state index contributed by atoms with van der Waals surface area (Å²) in [5.74, 6) is 0.0404. The van der Waals surface area contributed by atoms with Gasteiger partial charge in [-0.3, -0.25) is 4.79 Å². The van der Waals surface area contributed by atoms with Crippen LogP contribution in [0.5, 0.6) is 0 Å². The van der Waals surface area contributed by atoms with Gasteiger partial charge in [-0.25, -0.2) is 0 Å². The number of carbonyl (C=O) groups is 1. The van der Waals surface area contributed by atoms with Crippen molar-refractivity contribution in [3.8, 4) is 0 Å². The third-order valence-corrected chi connectivity index (χ3v) is 2.72. The number of nitrogens with zero attached hydrogens (tertiary/aromatic N) is 1. The number of rotatable bonds is 6. The lowest BCUT2D eigenvalue weighted by atomic mass is 10.1. The fourth-order valence-corrected chi connectivity index (χ4v) is 1.90. The van der Waals surface area contributed by atoms with Gasteiger partial charge in [-0.15, -0.1) is 0 Å². The molecule has 3 N–H and O–H groups in total. The highest BCUT2D eigenvalue weighted by atomic mass is 16.2. The van der Waals surface area contributed by atoms with E-state index in [1.54, 1.807) is 0 Å². The average Bonchev–Trinajstić information content (AvgIpc) is 2.35. The summed E-state index contributed by atoms with van der Waals surface area (Å²) in [4.78, 5) is 13.9. The minimum absolute atomic E-state index is 0.0404. The molecule has 0 radical (unpaired) electrons. The van der Waals surface area contributed by atoms with Crippen molar-refractivity contribution >= 4 is 11.6 Å². The number of anilines is 1. The quantitative estimate of drug-likeness (QED) is 0.803. The summed E-state index contributed by atoms with van der Waals surface area (Å²) in [5.41, 5.74) is 7.84. The van der Waals surface area contributed by atoms with Gasteiger partial charge in [-0.2, -0.15) is 0 Å². The van der Waals surface area contributed by atoms with Crippen LogP contribution >= 0.6 is 0 Å². The van der Waals surface area contributed by atoms with E-state index >= 15 is 0 Å². The van der Waals surface area contributed by atoms with E-state index in [1.165, 1.54) is 0 Å². The Morgan fingerprint density at radius 1 is 1.39 bits per heavy atom. The van der Waals surface area contributed by atoms with Gasteiger partial charge in [-0.05, 0) is 32.4 Å². The van der Waals surface area contributed by atoms with Gasteiger partial charge in [-0.1, -0.05) is 18.2 Å². The number of hydrogen-bond acceptors (Lipinski definition) is 3. The first-order valence-corrected chi connectivity index (χ1v) is 6.40. The van der Waals surface area contributed by atoms with E-state index in [-0.39, 0.29) is 11.9 Å². The molecule has 1 aromatic carbocycles. The fraction of sp³-hybridized carbons (Fsp3) is 0.500. The Labute approximate surface area is 109 Å². The Balaban J connectivity index is 2.79. The van der Waals surface area contributed by atoms with E-state index < -0.39 is 0 Å². The summed E-state index contributed by atoms with van der Waals surface area (Å²) in [7, 11) is 0. The van der Waals surface area contributed by atoms with E-state index in [4.69, 9.17) is 5.73 Å². The molecule has 0 spiro atoms. The van der Waals surface area contributed by atoms with E-state index in [9.17, 15) is 4.79 Å². The molecule has 4 nitrogen and oxygen atoms in total. The molecule has 1 aromatic rings. The monoisotopic (exact) mass is 249 g/mol. The highest BCUT2D eigenvalue weighted by molar-refractivity contribution is 5.81. The predicted octanol–water partition coefficient (Wildman–Crippen LogP) is 1.50. The molecular weight excluding hydrogens is 226 g/mol. The SMILES string of the molecule is CCN(CC(=O)NC(C)C)c1ccccc1CN. The molecule has 4 heteroatoms. The Morgan fingerprint density at radius 2 is 2.06 bits per heavy atom. The zero-order chi connectivity index (χ0) is 13.5. The van der Waals surface area contributed by atoms with Crippen LogP contribution in [-0.2, 0) is 11.3 Å². The second-order valence-electron chi connectivity index (χ2n) is 4.57. The van der Waals surface area contributed by atoms with Crippen molar-refractivity contribution in [1.29, 1.82) is 0 Å². The fourth-order valence-electron chi connectivity index (χ4n) is 1.90. The summed E-state index contributed by atoms with van der Waals surface area (Å²) in [6, 6.07) is 8.11. The highest BCUT2D eigenvalue weighted by Gasteiger charge is 2.12. The first-order chi connectivity index (χ1) is 8.58. The van der Waals surface area contributed by atoms with Gasteiger partial charge in [0.05, 0.1) is 6.54 Å². The topological polar surface area (TPSA) is 58.4 Å². The molecule has 100 valence electrons. The lowest BCUT2D eigenvalue weighted by molar-refractivity contribution is -0.120. The smallest absolute Gasteiger partial charge is 0.239 e. The maximum absolute atomic E-state index is 11.8. The number of amides is 1. The van der Waals surface area contributed by atoms with Gasteiger partial charge < -0.3 is 16.0 Å². The van der Waals surface area contributed by atoms with Crippen molar-refractivity contribution in [1.82, 2.24) is 5.32 Å². The van der Waals surface area contributed by atoms with E-state index in [0.717, 1.165) is 17.8 Å². The molecule has 0 bridgehead atoms. The van der Waals surface area contributed by atoms with Crippen molar-refractivity contribution in [2.75, 3.05) is 18.0 Å². The van der Waals surface area contributed by atoms with Crippen molar-refractivity contribution in [2.45, 2.75) is 33.4 Å². The van der Waals surface area contributed by atoms with Crippen LogP contribution in [0, 0.1) is 0 Å². The predicted molar refractivity (Wildman–Crippen MR) is 75.5 cm³/mol. The van der Waals surface area contributed by atoms with Crippen molar-refractivity contribution in [2.24, 2.45) is 5.73 Å². The lowest BCUT2D eigenvalue weighted by Crippen LogP contribution is -2.40. The van der Waals surface area contributed by atoms with E-state index in [0.29, 0.717) is 13.1 Å². The number of likely N-dealkylation sites (N-methyl/N-ethyl adjacent to an activating group) is 1. The van der Waals surface area contributed by atoms with Crippen LogP contribution in [0.4, 0.5) is 5.69 Å². The molecule has 0 aliphatic rings. The third kappa shape index (κ3) is 4.04. The number of para-hydroxylation sites is 1. The Hall–Kier alpha value is -1.55. The second-order valence-corrected chi connectivity index (χ2v) is 4.57. The largest absolute Gasteiger partial charge is 0.362 e. The summed E-state index contributed by atoms with van der Waals surface area (Å²) in [6.07, 6.45) is 0. The molecule has 0 saturated carbocycles. The summed E-state index contributed by atoms with van der Waals surface area (Å²) < 4.78 is 0. The van der Waals surface area contributed by atoms with E-state index in [1.807, 2.05) is 49.9 Å². The summed E-state index contributed by atoms with van der Waals surface area (Å²) in [6.45, 7) is 7.59. The summed E-state index contributed by atoms with van der Waals surface area (Å²) >= 11 is 0. The zero-order valence-corrected chi connectivity index (χ0v) is 11.4. The van der Waals surface area contributed by atoms with Gasteiger partial charge in [0.15, 0.2) is 0 Å². The number of hydrogen-bond donors (Lipinski definition) is 2. The maximum atomic E-state index is 11.8. The molecule has 1 amide bonds. The van der Waals surface area contributed by atoms with Crippen molar-refractivity contribution in [3.63, 3.8) is 0 Å². The van der Waals surface area contributed by atoms with Crippen LogP contribution in [0.3, 0.4) is 0 Å². The van der Waals surface area contributed by atoms with Crippen LogP contribution in [0.1, 0.15) is 26.3 Å². The molecule has 0 unspecified atom stereocenters. The Kier molecular flexibility index (Phi) is 5.65. The molecule has 18 heavy (non-hydrogen) atoms. The number of carbonyl (C=O) groups excluding carboxylic acids is 1. The number of nitrogens with one attached hydrogen (secondary N) is 1. The Morgan fingerprint density at radius 3 is 2.61 bits per heavy atom. The van der Waals surface area contributed by atoms with Gasteiger partial charge in [0.25, 0.3) is 0 Å². The van der Waals surface area contributed by atoms with E-state index in [2.05, 4.69) is 5.32 Å². The highest BCUT2D eigenvalue weighted by Crippen LogP contribution is 2.19. The van der Waals surface area contributed by atoms with Crippen LogP contribution in [-0.4, -0.2) is 25.0 Å². The van der Waals surface area contributed by atoms with Crippen LogP contribution in [0.25, 0.3) is 0 Å². The minimum Gasteiger partial charge on any atom is -0.362 e. The van der Waals surface area contributed by atoms with Crippen molar-refractivity contribution in [3.05, 3.63) is 29.8 Å². The Bertz CT molecular complexity index is 390. The van der Waals surface area contributed by atoms with Crippen molar-refractivity contribution < 1.29 is 4.79 Å². The normalized spacial score (nSPS) is 10.5. The molecule has 0 aromatic heterocycles.